The van der Waals surface area contributed by atoms with E-state index >= 15 is 0 Å². The van der Waals surface area contributed by atoms with Gasteiger partial charge in [-0.05, 0) is 68.8 Å². The van der Waals surface area contributed by atoms with Crippen LogP contribution in [-0.4, -0.2) is 44.2 Å². The Morgan fingerprint density at radius 3 is 2.13 bits per heavy atom. The average Bonchev–Trinajstić information content (AvgIpc) is 3.64. The number of carbonyl (C=O) groups is 2. The Hall–Kier alpha value is -3.14. The van der Waals surface area contributed by atoms with Gasteiger partial charge >= 0.3 is 5.97 Å². The average molecular weight is 421 g/mol. The molecule has 6 nitrogen and oxygen atoms in total. The number of hydrogen-bond acceptors (Lipinski definition) is 5. The molecule has 1 amide bonds. The third-order valence-corrected chi connectivity index (χ3v) is 5.16. The van der Waals surface area contributed by atoms with Crippen LogP contribution < -0.4 is 10.6 Å². The monoisotopic (exact) mass is 420 g/mol. The van der Waals surface area contributed by atoms with Gasteiger partial charge in [-0.1, -0.05) is 24.0 Å². The van der Waals surface area contributed by atoms with Gasteiger partial charge in [-0.25, -0.2) is 4.79 Å². The van der Waals surface area contributed by atoms with Crippen molar-refractivity contribution in [1.29, 1.82) is 0 Å². The largest absolute Gasteiger partial charge is 0.467 e. The molecule has 2 aromatic carbocycles. The molecule has 0 saturated heterocycles. The second-order valence-electron chi connectivity index (χ2n) is 7.59. The van der Waals surface area contributed by atoms with Gasteiger partial charge < -0.3 is 20.1 Å². The van der Waals surface area contributed by atoms with Crippen molar-refractivity contribution >= 4 is 11.9 Å². The van der Waals surface area contributed by atoms with Gasteiger partial charge in [0.25, 0.3) is 5.91 Å². The number of benzene rings is 2. The van der Waals surface area contributed by atoms with E-state index in [1.165, 1.54) is 20.0 Å². The Labute approximate surface area is 183 Å². The zero-order chi connectivity index (χ0) is 22.2. The van der Waals surface area contributed by atoms with Gasteiger partial charge in [0.15, 0.2) is 0 Å². The van der Waals surface area contributed by atoms with Gasteiger partial charge in [-0.2, -0.15) is 0 Å². The predicted molar refractivity (Wildman–Crippen MR) is 118 cm³/mol. The van der Waals surface area contributed by atoms with E-state index < -0.39 is 12.0 Å². The maximum absolute atomic E-state index is 12.5. The van der Waals surface area contributed by atoms with Crippen LogP contribution in [0.25, 0.3) is 0 Å². The second kappa shape index (κ2) is 10.8. The van der Waals surface area contributed by atoms with Gasteiger partial charge in [0.1, 0.15) is 6.04 Å². The molecule has 0 aliphatic heterocycles. The second-order valence-corrected chi connectivity index (χ2v) is 7.59. The molecule has 3 rings (SSSR count). The van der Waals surface area contributed by atoms with Gasteiger partial charge in [-0.3, -0.25) is 4.79 Å². The summed E-state index contributed by atoms with van der Waals surface area (Å²) in [5, 5.41) is 5.67. The van der Waals surface area contributed by atoms with E-state index in [0.717, 1.165) is 16.7 Å². The van der Waals surface area contributed by atoms with Crippen molar-refractivity contribution < 1.29 is 19.1 Å². The number of carbonyl (C=O) groups excluding carboxylic acids is 2. The van der Waals surface area contributed by atoms with Crippen LogP contribution in [0.3, 0.4) is 0 Å². The summed E-state index contributed by atoms with van der Waals surface area (Å²) in [4.78, 5) is 24.5. The minimum Gasteiger partial charge on any atom is -0.467 e. The fourth-order valence-corrected chi connectivity index (χ4v) is 2.89. The van der Waals surface area contributed by atoms with Crippen molar-refractivity contribution in [2.75, 3.05) is 14.2 Å². The van der Waals surface area contributed by atoms with Crippen LogP contribution in [0.15, 0.2) is 48.5 Å². The third kappa shape index (κ3) is 6.68. The van der Waals surface area contributed by atoms with Crippen LogP contribution in [0.4, 0.5) is 0 Å². The van der Waals surface area contributed by atoms with E-state index in [4.69, 9.17) is 9.47 Å². The molecule has 31 heavy (non-hydrogen) atoms. The maximum Gasteiger partial charge on any atom is 0.330 e. The van der Waals surface area contributed by atoms with E-state index in [9.17, 15) is 9.59 Å². The minimum absolute atomic E-state index is 0.270. The first kappa shape index (κ1) is 22.5. The summed E-state index contributed by atoms with van der Waals surface area (Å²) in [6.45, 7) is 2.44. The van der Waals surface area contributed by atoms with Crippen molar-refractivity contribution in [3.05, 3.63) is 70.8 Å². The number of hydrogen-bond donors (Lipinski definition) is 2. The minimum atomic E-state index is -0.778. The third-order valence-electron chi connectivity index (χ3n) is 5.16. The molecule has 0 bridgehead atoms. The summed E-state index contributed by atoms with van der Waals surface area (Å²) in [7, 11) is 3.02. The topological polar surface area (TPSA) is 76.7 Å². The normalized spacial score (nSPS) is 14.7. The molecule has 2 aromatic rings. The first-order valence-corrected chi connectivity index (χ1v) is 10.4. The Morgan fingerprint density at radius 1 is 1.03 bits per heavy atom. The Kier molecular flexibility index (Phi) is 7.82. The van der Waals surface area contributed by atoms with Crippen LogP contribution in [0.5, 0.6) is 0 Å². The summed E-state index contributed by atoms with van der Waals surface area (Å²) >= 11 is 0. The molecule has 0 aromatic heterocycles. The van der Waals surface area contributed by atoms with E-state index in [2.05, 4.69) is 22.5 Å². The van der Waals surface area contributed by atoms with E-state index in [1.807, 2.05) is 24.3 Å². The quantitative estimate of drug-likeness (QED) is 0.507. The number of rotatable bonds is 8. The SMILES string of the molecule is CN[C@H](C)[C@H](NC(=O)c1ccc(C#Cc2ccc(COC3CC3)cc2)cc1)C(=O)OC. The summed E-state index contributed by atoms with van der Waals surface area (Å²) in [6, 6.07) is 13.9. The molecular weight excluding hydrogens is 392 g/mol. The summed E-state index contributed by atoms with van der Waals surface area (Å²) in [5.74, 6) is 5.39. The lowest BCUT2D eigenvalue weighted by atomic mass is 10.1. The number of esters is 1. The van der Waals surface area contributed by atoms with Crippen LogP contribution in [0, 0.1) is 11.8 Å². The molecule has 2 atom stereocenters. The molecule has 6 heteroatoms. The molecule has 0 heterocycles. The lowest BCUT2D eigenvalue weighted by Gasteiger charge is -2.22. The molecule has 2 N–H and O–H groups in total. The van der Waals surface area contributed by atoms with Crippen LogP contribution in [0.1, 0.15) is 46.8 Å². The highest BCUT2D eigenvalue weighted by atomic mass is 16.5. The fourth-order valence-electron chi connectivity index (χ4n) is 2.89. The van der Waals surface area contributed by atoms with E-state index in [0.29, 0.717) is 18.3 Å². The lowest BCUT2D eigenvalue weighted by molar-refractivity contribution is -0.143. The number of ether oxygens (including phenoxy) is 2. The summed E-state index contributed by atoms with van der Waals surface area (Å²) < 4.78 is 10.5. The highest BCUT2D eigenvalue weighted by Gasteiger charge is 2.27. The molecule has 0 unspecified atom stereocenters. The summed E-state index contributed by atoms with van der Waals surface area (Å²) in [5.41, 5.74) is 3.30. The predicted octanol–water partition coefficient (Wildman–Crippen LogP) is 2.64. The molecule has 1 fully saturated rings. The van der Waals surface area contributed by atoms with E-state index in [1.54, 1.807) is 38.2 Å². The van der Waals surface area contributed by atoms with E-state index in [-0.39, 0.29) is 11.9 Å². The molecule has 0 radical (unpaired) electrons. The number of nitrogens with one attached hydrogen (secondary N) is 2. The maximum atomic E-state index is 12.5. The number of likely N-dealkylation sites (N-methyl/N-ethyl adjacent to an activating group) is 1. The van der Waals surface area contributed by atoms with Gasteiger partial charge in [-0.15, -0.1) is 0 Å². The highest BCUT2D eigenvalue weighted by Crippen LogP contribution is 2.24. The van der Waals surface area contributed by atoms with Gasteiger partial charge in [0, 0.05) is 22.7 Å². The van der Waals surface area contributed by atoms with Crippen LogP contribution in [-0.2, 0) is 20.9 Å². The molecule has 1 saturated carbocycles. The molecule has 0 spiro atoms. The molecule has 162 valence electrons. The Morgan fingerprint density at radius 2 is 1.61 bits per heavy atom. The van der Waals surface area contributed by atoms with Crippen molar-refractivity contribution in [2.45, 2.75) is 44.6 Å². The lowest BCUT2D eigenvalue weighted by Crippen LogP contribution is -2.52. The summed E-state index contributed by atoms with van der Waals surface area (Å²) in [6.07, 6.45) is 2.79. The van der Waals surface area contributed by atoms with Crippen molar-refractivity contribution in [2.24, 2.45) is 0 Å². The molecule has 1 aliphatic rings. The first-order valence-electron chi connectivity index (χ1n) is 10.4. The molecular formula is C25H28N2O4. The van der Waals surface area contributed by atoms with Gasteiger partial charge in [0.05, 0.1) is 19.8 Å². The van der Waals surface area contributed by atoms with Crippen molar-refractivity contribution in [3.8, 4) is 11.8 Å². The Balaban J connectivity index is 1.59. The van der Waals surface area contributed by atoms with Crippen molar-refractivity contribution in [1.82, 2.24) is 10.6 Å². The van der Waals surface area contributed by atoms with Crippen LogP contribution >= 0.6 is 0 Å². The van der Waals surface area contributed by atoms with Crippen LogP contribution in [0.2, 0.25) is 0 Å². The first-order chi connectivity index (χ1) is 15.0. The molecule has 1 aliphatic carbocycles. The van der Waals surface area contributed by atoms with Crippen molar-refractivity contribution in [3.63, 3.8) is 0 Å². The standard InChI is InChI=1S/C25H28N2O4/c1-17(26-2)23(25(29)30-3)27-24(28)21-12-10-19(11-13-21)5-4-18-6-8-20(9-7-18)16-31-22-14-15-22/h6-13,17,22-23,26H,14-16H2,1-3H3,(H,27,28)/t17-,23+/m1/s1. The number of methoxy groups -OCH3 is 1. The fraction of sp³-hybridized carbons (Fsp3) is 0.360. The smallest absolute Gasteiger partial charge is 0.330 e. The zero-order valence-electron chi connectivity index (χ0n) is 18.1. The Bertz CT molecular complexity index is 954. The van der Waals surface area contributed by atoms with Gasteiger partial charge in [0.2, 0.25) is 0 Å². The number of amides is 1. The zero-order valence-corrected chi connectivity index (χ0v) is 18.1. The highest BCUT2D eigenvalue weighted by molar-refractivity contribution is 5.97.